The number of methoxy groups -OCH3 is 1. The zero-order valence-corrected chi connectivity index (χ0v) is 18.1. The van der Waals surface area contributed by atoms with Gasteiger partial charge >= 0.3 is 0 Å². The first-order valence-electron chi connectivity index (χ1n) is 10.7. The van der Waals surface area contributed by atoms with E-state index in [-0.39, 0.29) is 11.9 Å². The minimum atomic E-state index is -0.331. The lowest BCUT2D eigenvalue weighted by Crippen LogP contribution is -2.50. The molecule has 1 aliphatic rings. The first kappa shape index (κ1) is 20.9. The van der Waals surface area contributed by atoms with Gasteiger partial charge in [-0.3, -0.25) is 9.69 Å². The zero-order valence-electron chi connectivity index (χ0n) is 18.1. The van der Waals surface area contributed by atoms with Crippen LogP contribution in [-0.2, 0) is 4.79 Å². The number of aryl methyl sites for hydroxylation is 1. The summed E-state index contributed by atoms with van der Waals surface area (Å²) in [4.78, 5) is 18.0. The molecule has 1 amide bonds. The topological polar surface area (TPSA) is 44.8 Å². The number of hydrogen-bond donors (Lipinski definition) is 1. The first-order chi connectivity index (χ1) is 15.2. The summed E-state index contributed by atoms with van der Waals surface area (Å²) in [5, 5.41) is 3.11. The van der Waals surface area contributed by atoms with Crippen LogP contribution in [0.3, 0.4) is 0 Å². The molecule has 1 N–H and O–H groups in total. The number of carbonyl (C=O) groups excluding carboxylic acids is 1. The second-order valence-electron chi connectivity index (χ2n) is 7.86. The van der Waals surface area contributed by atoms with Gasteiger partial charge in [0.25, 0.3) is 0 Å². The van der Waals surface area contributed by atoms with Gasteiger partial charge in [0.1, 0.15) is 11.8 Å². The van der Waals surface area contributed by atoms with Crippen molar-refractivity contribution in [1.29, 1.82) is 0 Å². The standard InChI is InChI=1S/C26H29N3O2/c1-20-12-14-22(15-13-20)27-26(30)25(21-8-4-3-5-9-21)29-18-16-28(17-19-29)23-10-6-7-11-24(23)31-2/h3-15,25H,16-19H2,1-2H3,(H,27,30). The van der Waals surface area contributed by atoms with E-state index in [9.17, 15) is 4.79 Å². The molecule has 1 heterocycles. The third kappa shape index (κ3) is 4.89. The van der Waals surface area contributed by atoms with E-state index < -0.39 is 0 Å². The van der Waals surface area contributed by atoms with Crippen molar-refractivity contribution in [3.05, 3.63) is 90.0 Å². The summed E-state index contributed by atoms with van der Waals surface area (Å²) in [6, 6.07) is 25.7. The zero-order chi connectivity index (χ0) is 21.6. The monoisotopic (exact) mass is 415 g/mol. The van der Waals surface area contributed by atoms with E-state index in [1.165, 1.54) is 5.56 Å². The van der Waals surface area contributed by atoms with Crippen LogP contribution in [0.4, 0.5) is 11.4 Å². The largest absolute Gasteiger partial charge is 0.495 e. The Morgan fingerprint density at radius 2 is 1.52 bits per heavy atom. The van der Waals surface area contributed by atoms with E-state index in [0.29, 0.717) is 0 Å². The highest BCUT2D eigenvalue weighted by Crippen LogP contribution is 2.30. The Labute approximate surface area is 184 Å². The van der Waals surface area contributed by atoms with Crippen molar-refractivity contribution in [3.63, 3.8) is 0 Å². The molecular weight excluding hydrogens is 386 g/mol. The Bertz CT molecular complexity index is 997. The average molecular weight is 416 g/mol. The molecule has 5 heteroatoms. The van der Waals surface area contributed by atoms with Crippen LogP contribution < -0.4 is 15.0 Å². The average Bonchev–Trinajstić information content (AvgIpc) is 2.82. The summed E-state index contributed by atoms with van der Waals surface area (Å²) in [6.07, 6.45) is 0. The molecule has 3 aromatic rings. The fourth-order valence-electron chi connectivity index (χ4n) is 4.12. The van der Waals surface area contributed by atoms with Crippen molar-refractivity contribution in [2.75, 3.05) is 43.5 Å². The maximum Gasteiger partial charge on any atom is 0.246 e. The van der Waals surface area contributed by atoms with Crippen LogP contribution in [-0.4, -0.2) is 44.1 Å². The maximum atomic E-state index is 13.4. The Kier molecular flexibility index (Phi) is 6.53. The SMILES string of the molecule is COc1ccccc1N1CCN(C(C(=O)Nc2ccc(C)cc2)c2ccccc2)CC1. The number of para-hydroxylation sites is 2. The van der Waals surface area contributed by atoms with Gasteiger partial charge in [-0.1, -0.05) is 60.2 Å². The predicted octanol–water partition coefficient (Wildman–Crippen LogP) is 4.51. The van der Waals surface area contributed by atoms with Crippen LogP contribution in [0.5, 0.6) is 5.75 Å². The van der Waals surface area contributed by atoms with Gasteiger partial charge in [-0.05, 0) is 36.8 Å². The van der Waals surface area contributed by atoms with Gasteiger partial charge in [-0.25, -0.2) is 0 Å². The summed E-state index contributed by atoms with van der Waals surface area (Å²) < 4.78 is 5.54. The second kappa shape index (κ2) is 9.67. The molecule has 0 spiro atoms. The Morgan fingerprint density at radius 1 is 0.871 bits per heavy atom. The molecule has 1 aliphatic heterocycles. The van der Waals surface area contributed by atoms with Crippen molar-refractivity contribution in [3.8, 4) is 5.75 Å². The second-order valence-corrected chi connectivity index (χ2v) is 7.86. The highest BCUT2D eigenvalue weighted by Gasteiger charge is 2.31. The minimum Gasteiger partial charge on any atom is -0.495 e. The number of nitrogens with one attached hydrogen (secondary N) is 1. The van der Waals surface area contributed by atoms with Crippen molar-refractivity contribution < 1.29 is 9.53 Å². The number of hydrogen-bond acceptors (Lipinski definition) is 4. The van der Waals surface area contributed by atoms with E-state index in [1.54, 1.807) is 7.11 Å². The number of anilines is 2. The van der Waals surface area contributed by atoms with Gasteiger partial charge in [0, 0.05) is 31.9 Å². The molecule has 0 bridgehead atoms. The van der Waals surface area contributed by atoms with Crippen LogP contribution in [0.15, 0.2) is 78.9 Å². The lowest BCUT2D eigenvalue weighted by molar-refractivity contribution is -0.121. The summed E-state index contributed by atoms with van der Waals surface area (Å²) in [7, 11) is 1.70. The molecule has 1 fully saturated rings. The summed E-state index contributed by atoms with van der Waals surface area (Å²) in [5.41, 5.74) is 4.11. The van der Waals surface area contributed by atoms with Gasteiger partial charge in [0.2, 0.25) is 5.91 Å². The van der Waals surface area contributed by atoms with Crippen LogP contribution >= 0.6 is 0 Å². The molecule has 0 aliphatic carbocycles. The molecular formula is C26H29N3O2. The van der Waals surface area contributed by atoms with Crippen molar-refractivity contribution in [2.45, 2.75) is 13.0 Å². The van der Waals surface area contributed by atoms with Crippen molar-refractivity contribution in [2.24, 2.45) is 0 Å². The number of carbonyl (C=O) groups is 1. The normalized spacial score (nSPS) is 15.4. The van der Waals surface area contributed by atoms with Crippen molar-refractivity contribution in [1.82, 2.24) is 4.90 Å². The van der Waals surface area contributed by atoms with Gasteiger partial charge in [0.05, 0.1) is 12.8 Å². The van der Waals surface area contributed by atoms with Gasteiger partial charge in [-0.2, -0.15) is 0 Å². The van der Waals surface area contributed by atoms with Gasteiger partial charge < -0.3 is 15.0 Å². The quantitative estimate of drug-likeness (QED) is 0.644. The van der Waals surface area contributed by atoms with Gasteiger partial charge in [-0.15, -0.1) is 0 Å². The fourth-order valence-corrected chi connectivity index (χ4v) is 4.12. The first-order valence-corrected chi connectivity index (χ1v) is 10.7. The lowest BCUT2D eigenvalue weighted by atomic mass is 10.0. The highest BCUT2D eigenvalue weighted by atomic mass is 16.5. The van der Waals surface area contributed by atoms with E-state index in [4.69, 9.17) is 4.74 Å². The van der Waals surface area contributed by atoms with E-state index >= 15 is 0 Å². The number of benzene rings is 3. The molecule has 4 rings (SSSR count). The number of amides is 1. The lowest BCUT2D eigenvalue weighted by Gasteiger charge is -2.40. The number of nitrogens with zero attached hydrogens (tertiary/aromatic N) is 2. The molecule has 0 aromatic heterocycles. The Morgan fingerprint density at radius 3 is 2.19 bits per heavy atom. The molecule has 1 unspecified atom stereocenters. The highest BCUT2D eigenvalue weighted by molar-refractivity contribution is 5.95. The Balaban J connectivity index is 1.51. The molecule has 160 valence electrons. The molecule has 31 heavy (non-hydrogen) atoms. The van der Waals surface area contributed by atoms with E-state index in [0.717, 1.165) is 48.9 Å². The third-order valence-corrected chi connectivity index (χ3v) is 5.79. The molecule has 3 aromatic carbocycles. The van der Waals surface area contributed by atoms with Crippen LogP contribution in [0.25, 0.3) is 0 Å². The van der Waals surface area contributed by atoms with Crippen LogP contribution in [0.1, 0.15) is 17.2 Å². The molecule has 0 radical (unpaired) electrons. The molecule has 1 saturated heterocycles. The summed E-state index contributed by atoms with van der Waals surface area (Å²) in [5.74, 6) is 0.883. The third-order valence-electron chi connectivity index (χ3n) is 5.79. The summed E-state index contributed by atoms with van der Waals surface area (Å²) in [6.45, 7) is 5.29. The number of piperazine rings is 1. The van der Waals surface area contributed by atoms with E-state index in [2.05, 4.69) is 21.2 Å². The summed E-state index contributed by atoms with van der Waals surface area (Å²) >= 11 is 0. The van der Waals surface area contributed by atoms with E-state index in [1.807, 2.05) is 79.7 Å². The van der Waals surface area contributed by atoms with Crippen LogP contribution in [0, 0.1) is 6.92 Å². The van der Waals surface area contributed by atoms with Crippen LogP contribution in [0.2, 0.25) is 0 Å². The Hall–Kier alpha value is -3.31. The minimum absolute atomic E-state index is 0.000736. The predicted molar refractivity (Wildman–Crippen MR) is 126 cm³/mol. The van der Waals surface area contributed by atoms with Crippen molar-refractivity contribution >= 4 is 17.3 Å². The molecule has 5 nitrogen and oxygen atoms in total. The maximum absolute atomic E-state index is 13.4. The van der Waals surface area contributed by atoms with Gasteiger partial charge in [0.15, 0.2) is 0 Å². The fraction of sp³-hybridized carbons (Fsp3) is 0.269. The number of rotatable bonds is 6. The molecule has 1 atom stereocenters. The smallest absolute Gasteiger partial charge is 0.246 e. The molecule has 0 saturated carbocycles. The number of ether oxygens (including phenoxy) is 1.